The van der Waals surface area contributed by atoms with E-state index in [1.165, 1.54) is 32.4 Å². The van der Waals surface area contributed by atoms with Crippen molar-refractivity contribution >= 4 is 0 Å². The number of likely N-dealkylation sites (tertiary alicyclic amines) is 1. The van der Waals surface area contributed by atoms with Gasteiger partial charge in [0, 0.05) is 6.04 Å². The van der Waals surface area contributed by atoms with Crippen LogP contribution in [0.4, 0.5) is 0 Å². The minimum Gasteiger partial charge on any atom is -0.300 e. The molecule has 2 aliphatic rings. The van der Waals surface area contributed by atoms with Gasteiger partial charge < -0.3 is 4.90 Å². The van der Waals surface area contributed by atoms with Crippen LogP contribution < -0.4 is 0 Å². The largest absolute Gasteiger partial charge is 0.300 e. The van der Waals surface area contributed by atoms with Crippen molar-refractivity contribution < 1.29 is 0 Å². The Morgan fingerprint density at radius 1 is 1.24 bits per heavy atom. The van der Waals surface area contributed by atoms with E-state index in [0.29, 0.717) is 0 Å². The number of hydrogen-bond donors (Lipinski definition) is 0. The lowest BCUT2D eigenvalue weighted by Crippen LogP contribution is -2.46. The lowest BCUT2D eigenvalue weighted by atomic mass is 9.70. The molecule has 0 saturated carbocycles. The van der Waals surface area contributed by atoms with Crippen molar-refractivity contribution in [3.8, 4) is 0 Å². The van der Waals surface area contributed by atoms with Gasteiger partial charge in [0.1, 0.15) is 0 Å². The van der Waals surface area contributed by atoms with Gasteiger partial charge in [-0.2, -0.15) is 0 Å². The summed E-state index contributed by atoms with van der Waals surface area (Å²) < 4.78 is 0. The van der Waals surface area contributed by atoms with Gasteiger partial charge in [0.15, 0.2) is 0 Å². The molecule has 1 aromatic rings. The van der Waals surface area contributed by atoms with E-state index in [1.807, 2.05) is 0 Å². The van der Waals surface area contributed by atoms with Crippen molar-refractivity contribution in [2.24, 2.45) is 0 Å². The fourth-order valence-electron chi connectivity index (χ4n) is 3.98. The average molecular weight is 229 g/mol. The van der Waals surface area contributed by atoms with Crippen LogP contribution in [0.15, 0.2) is 24.3 Å². The summed E-state index contributed by atoms with van der Waals surface area (Å²) in [4.78, 5) is 2.71. The zero-order valence-electron chi connectivity index (χ0n) is 11.0. The monoisotopic (exact) mass is 229 g/mol. The van der Waals surface area contributed by atoms with Crippen LogP contribution in [0.3, 0.4) is 0 Å². The third-order valence-electron chi connectivity index (χ3n) is 4.82. The Morgan fingerprint density at radius 3 is 2.76 bits per heavy atom. The molecule has 92 valence electrons. The maximum Gasteiger partial charge on any atom is 0.0170 e. The smallest absolute Gasteiger partial charge is 0.0170 e. The Kier molecular flexibility index (Phi) is 2.96. The highest BCUT2D eigenvalue weighted by molar-refractivity contribution is 5.37. The predicted octanol–water partition coefficient (Wildman–Crippen LogP) is 3.76. The summed E-state index contributed by atoms with van der Waals surface area (Å²) in [6.45, 7) is 7.24. The normalized spacial score (nSPS) is 32.9. The molecule has 0 bridgehead atoms. The molecule has 1 nitrogen and oxygen atoms in total. The molecule has 1 fully saturated rings. The Balaban J connectivity index is 1.99. The van der Waals surface area contributed by atoms with Gasteiger partial charge in [-0.05, 0) is 55.3 Å². The standard InChI is InChI=1S/C16H23N/c1-3-17-10-6-9-15-14-8-5-4-7-13(14)12(2)11-16(15)17/h4-5,7-8,12,15-16H,3,6,9-11H2,1-2H3/t12-,15+,16+/m0/s1. The Hall–Kier alpha value is -0.820. The Morgan fingerprint density at radius 2 is 2.00 bits per heavy atom. The fourth-order valence-corrected chi connectivity index (χ4v) is 3.98. The van der Waals surface area contributed by atoms with Crippen LogP contribution in [0, 0.1) is 0 Å². The van der Waals surface area contributed by atoms with Crippen LogP contribution >= 0.6 is 0 Å². The number of likely N-dealkylation sites (N-methyl/N-ethyl adjacent to an activating group) is 1. The van der Waals surface area contributed by atoms with Gasteiger partial charge in [0.05, 0.1) is 0 Å². The summed E-state index contributed by atoms with van der Waals surface area (Å²) in [6.07, 6.45) is 4.12. The predicted molar refractivity (Wildman–Crippen MR) is 72.5 cm³/mol. The number of piperidine rings is 1. The zero-order chi connectivity index (χ0) is 11.8. The van der Waals surface area contributed by atoms with Crippen molar-refractivity contribution in [1.29, 1.82) is 0 Å². The minimum absolute atomic E-state index is 0.736. The van der Waals surface area contributed by atoms with Crippen molar-refractivity contribution in [1.82, 2.24) is 4.90 Å². The van der Waals surface area contributed by atoms with Gasteiger partial charge in [-0.1, -0.05) is 38.1 Å². The van der Waals surface area contributed by atoms with Crippen molar-refractivity contribution in [2.75, 3.05) is 13.1 Å². The highest BCUT2D eigenvalue weighted by Crippen LogP contribution is 2.44. The lowest BCUT2D eigenvalue weighted by Gasteiger charge is -2.46. The van der Waals surface area contributed by atoms with Gasteiger partial charge in [-0.25, -0.2) is 0 Å². The molecule has 3 rings (SSSR count). The first-order chi connectivity index (χ1) is 8.31. The van der Waals surface area contributed by atoms with Gasteiger partial charge in [0.25, 0.3) is 0 Å². The summed E-state index contributed by atoms with van der Waals surface area (Å²) in [5.41, 5.74) is 3.26. The molecule has 1 aromatic carbocycles. The van der Waals surface area contributed by atoms with Crippen LogP contribution in [0.5, 0.6) is 0 Å². The summed E-state index contributed by atoms with van der Waals surface area (Å²) in [5, 5.41) is 0. The first-order valence-corrected chi connectivity index (χ1v) is 7.14. The number of nitrogens with zero attached hydrogens (tertiary/aromatic N) is 1. The minimum atomic E-state index is 0.736. The zero-order valence-corrected chi connectivity index (χ0v) is 11.0. The first-order valence-electron chi connectivity index (χ1n) is 7.14. The molecule has 0 N–H and O–H groups in total. The quantitative estimate of drug-likeness (QED) is 0.708. The molecule has 1 aliphatic heterocycles. The van der Waals surface area contributed by atoms with E-state index in [-0.39, 0.29) is 0 Å². The van der Waals surface area contributed by atoms with Crippen molar-refractivity contribution in [3.05, 3.63) is 35.4 Å². The molecule has 0 spiro atoms. The molecule has 1 heteroatoms. The Bertz CT molecular complexity index is 398. The maximum atomic E-state index is 2.71. The van der Waals surface area contributed by atoms with E-state index in [0.717, 1.165) is 17.9 Å². The summed E-state index contributed by atoms with van der Waals surface area (Å²) in [5.74, 6) is 1.54. The molecule has 0 unspecified atom stereocenters. The van der Waals surface area contributed by atoms with Gasteiger partial charge in [-0.3, -0.25) is 0 Å². The number of fused-ring (bicyclic) bond motifs is 3. The SMILES string of the molecule is CCN1CCC[C@@H]2c3ccccc3[C@@H](C)C[C@H]21. The van der Waals surface area contributed by atoms with Crippen LogP contribution in [0.25, 0.3) is 0 Å². The number of hydrogen-bond acceptors (Lipinski definition) is 1. The molecule has 1 heterocycles. The van der Waals surface area contributed by atoms with Gasteiger partial charge in [-0.15, -0.1) is 0 Å². The second kappa shape index (κ2) is 4.45. The first kappa shape index (κ1) is 11.3. The van der Waals surface area contributed by atoms with Crippen LogP contribution in [-0.4, -0.2) is 24.0 Å². The molecule has 1 saturated heterocycles. The Labute approximate surface area is 105 Å². The summed E-state index contributed by atoms with van der Waals surface area (Å²) in [6, 6.07) is 9.95. The fraction of sp³-hybridized carbons (Fsp3) is 0.625. The van der Waals surface area contributed by atoms with E-state index in [9.17, 15) is 0 Å². The van der Waals surface area contributed by atoms with E-state index >= 15 is 0 Å². The third-order valence-corrected chi connectivity index (χ3v) is 4.82. The van der Waals surface area contributed by atoms with Crippen LogP contribution in [-0.2, 0) is 0 Å². The van der Waals surface area contributed by atoms with Gasteiger partial charge in [0.2, 0.25) is 0 Å². The summed E-state index contributed by atoms with van der Waals surface area (Å²) in [7, 11) is 0. The summed E-state index contributed by atoms with van der Waals surface area (Å²) >= 11 is 0. The lowest BCUT2D eigenvalue weighted by molar-refractivity contribution is 0.112. The van der Waals surface area contributed by atoms with Crippen molar-refractivity contribution in [2.45, 2.75) is 51.0 Å². The highest BCUT2D eigenvalue weighted by Gasteiger charge is 2.37. The van der Waals surface area contributed by atoms with Crippen LogP contribution in [0.1, 0.15) is 56.1 Å². The number of benzene rings is 1. The van der Waals surface area contributed by atoms with E-state index in [1.54, 1.807) is 11.1 Å². The van der Waals surface area contributed by atoms with Gasteiger partial charge >= 0.3 is 0 Å². The molecular weight excluding hydrogens is 206 g/mol. The second-order valence-electron chi connectivity index (χ2n) is 5.71. The average Bonchev–Trinajstić information content (AvgIpc) is 2.39. The molecule has 0 aromatic heterocycles. The second-order valence-corrected chi connectivity index (χ2v) is 5.71. The van der Waals surface area contributed by atoms with Crippen LogP contribution in [0.2, 0.25) is 0 Å². The topological polar surface area (TPSA) is 3.24 Å². The molecule has 17 heavy (non-hydrogen) atoms. The molecule has 1 aliphatic carbocycles. The van der Waals surface area contributed by atoms with Crippen molar-refractivity contribution in [3.63, 3.8) is 0 Å². The van der Waals surface area contributed by atoms with E-state index in [2.05, 4.69) is 43.0 Å². The van der Waals surface area contributed by atoms with E-state index < -0.39 is 0 Å². The maximum absolute atomic E-state index is 2.71. The third kappa shape index (κ3) is 1.81. The van der Waals surface area contributed by atoms with E-state index in [4.69, 9.17) is 0 Å². The molecule has 3 atom stereocenters. The highest BCUT2D eigenvalue weighted by atomic mass is 15.2. The molecule has 0 radical (unpaired) electrons. The molecule has 0 amide bonds. The number of rotatable bonds is 1. The molecular formula is C16H23N.